The van der Waals surface area contributed by atoms with Crippen LogP contribution in [0.2, 0.25) is 0 Å². The van der Waals surface area contributed by atoms with E-state index in [9.17, 15) is 31.6 Å². The molecule has 170 valence electrons. The average Bonchev–Trinajstić information content (AvgIpc) is 2.71. The van der Waals surface area contributed by atoms with Crippen LogP contribution in [0.5, 0.6) is 5.75 Å². The van der Waals surface area contributed by atoms with Crippen molar-refractivity contribution in [3.05, 3.63) is 63.6 Å². The predicted molar refractivity (Wildman–Crippen MR) is 108 cm³/mol. The number of para-hydroxylation sites is 1. The molecule has 13 heteroatoms. The maximum Gasteiger partial charge on any atom is 0.387 e. The monoisotopic (exact) mass is 468 g/mol. The lowest BCUT2D eigenvalue weighted by atomic mass is 10.0. The Kier molecular flexibility index (Phi) is 8.03. The number of pyridine rings is 1. The Bertz CT molecular complexity index is 1210. The van der Waals surface area contributed by atoms with Gasteiger partial charge in [0, 0.05) is 17.3 Å². The molecule has 32 heavy (non-hydrogen) atoms. The second-order valence-corrected chi connectivity index (χ2v) is 8.59. The van der Waals surface area contributed by atoms with E-state index in [0.717, 1.165) is 18.2 Å². The second-order valence-electron chi connectivity index (χ2n) is 6.48. The van der Waals surface area contributed by atoms with Gasteiger partial charge in [-0.25, -0.2) is 8.42 Å². The van der Waals surface area contributed by atoms with E-state index >= 15 is 0 Å². The van der Waals surface area contributed by atoms with Gasteiger partial charge in [0.2, 0.25) is 17.4 Å². The minimum absolute atomic E-state index is 0.0827. The lowest BCUT2D eigenvalue weighted by Crippen LogP contribution is -2.36. The number of H-pyrrole nitrogens is 1. The number of nitrogens with zero attached hydrogens (tertiary/aromatic N) is 1. The van der Waals surface area contributed by atoms with Crippen LogP contribution < -0.4 is 21.3 Å². The van der Waals surface area contributed by atoms with Crippen LogP contribution in [0.1, 0.15) is 27.5 Å². The number of ether oxygens (including phenoxy) is 1. The van der Waals surface area contributed by atoms with Crippen LogP contribution in [0.25, 0.3) is 0 Å². The first-order chi connectivity index (χ1) is 15.0. The third-order valence-corrected chi connectivity index (χ3v) is 5.80. The minimum Gasteiger partial charge on any atom is -0.435 e. The number of hydrogen-bond acceptors (Lipinski definition) is 7. The fourth-order valence-corrected chi connectivity index (χ4v) is 4.56. The number of halogens is 2. The third-order valence-electron chi connectivity index (χ3n) is 4.21. The first kappa shape index (κ1) is 24.5. The molecule has 1 heterocycles. The molecule has 0 radical (unpaired) electrons. The molecular formula is C19H18F2N4O6S. The van der Waals surface area contributed by atoms with E-state index in [4.69, 9.17) is 11.0 Å². The number of aromatic nitrogens is 1. The number of sulfone groups is 1. The quantitative estimate of drug-likeness (QED) is 0.424. The molecule has 1 atom stereocenters. The van der Waals surface area contributed by atoms with Crippen molar-refractivity contribution in [2.45, 2.75) is 18.3 Å². The number of aromatic amines is 1. The van der Waals surface area contributed by atoms with Gasteiger partial charge in [-0.05, 0) is 12.1 Å². The van der Waals surface area contributed by atoms with Crippen LogP contribution in [0.15, 0.2) is 41.2 Å². The SMILES string of the molecule is N#CCNC(=O)[C@H](CS(=O)(=O)Cc1ccccc1OC(F)F)c1[nH]c(=O)ccc1C(N)=O. The fraction of sp³-hybridized carbons (Fsp3) is 0.263. The van der Waals surface area contributed by atoms with Crippen molar-refractivity contribution in [2.75, 3.05) is 12.3 Å². The van der Waals surface area contributed by atoms with E-state index in [1.807, 2.05) is 0 Å². The summed E-state index contributed by atoms with van der Waals surface area (Å²) < 4.78 is 55.3. The molecule has 0 saturated carbocycles. The molecule has 2 amide bonds. The molecule has 1 aromatic carbocycles. The molecule has 2 aromatic rings. The molecule has 10 nitrogen and oxygen atoms in total. The summed E-state index contributed by atoms with van der Waals surface area (Å²) in [7, 11) is -4.21. The van der Waals surface area contributed by atoms with Gasteiger partial charge in [0.1, 0.15) is 12.3 Å². The first-order valence-electron chi connectivity index (χ1n) is 8.95. The average molecular weight is 468 g/mol. The molecule has 0 saturated heterocycles. The molecule has 0 aliphatic carbocycles. The van der Waals surface area contributed by atoms with E-state index in [1.54, 1.807) is 6.07 Å². The van der Waals surface area contributed by atoms with Crippen molar-refractivity contribution in [1.29, 1.82) is 5.26 Å². The van der Waals surface area contributed by atoms with Crippen molar-refractivity contribution in [3.63, 3.8) is 0 Å². The van der Waals surface area contributed by atoms with Gasteiger partial charge in [0.15, 0.2) is 9.84 Å². The number of amides is 2. The van der Waals surface area contributed by atoms with Gasteiger partial charge >= 0.3 is 6.61 Å². The minimum atomic E-state index is -4.21. The Morgan fingerprint density at radius 1 is 1.22 bits per heavy atom. The molecule has 0 aliphatic heterocycles. The normalized spacial score (nSPS) is 12.1. The number of carbonyl (C=O) groups is 2. The standard InChI is InChI=1S/C19H18F2N4O6S/c20-19(21)31-14-4-2-1-3-11(14)9-32(29,30)10-13(18(28)24-8-7-22)16-12(17(23)27)5-6-15(26)25-16/h1-6,13,19H,8-10H2,(H2,23,27)(H,24,28)(H,25,26)/t13-/m1/s1. The van der Waals surface area contributed by atoms with E-state index in [-0.39, 0.29) is 22.6 Å². The number of carbonyl (C=O) groups excluding carboxylic acids is 2. The lowest BCUT2D eigenvalue weighted by molar-refractivity contribution is -0.121. The van der Waals surface area contributed by atoms with Gasteiger partial charge < -0.3 is 20.8 Å². The molecule has 0 fully saturated rings. The smallest absolute Gasteiger partial charge is 0.387 e. The Labute approximate surface area is 180 Å². The van der Waals surface area contributed by atoms with Crippen molar-refractivity contribution < 1.29 is 31.5 Å². The second kappa shape index (κ2) is 10.5. The number of primary amides is 1. The van der Waals surface area contributed by atoms with Crippen LogP contribution in [0.4, 0.5) is 8.78 Å². The van der Waals surface area contributed by atoms with E-state index < -0.39 is 57.8 Å². The number of rotatable bonds is 10. The van der Waals surface area contributed by atoms with Gasteiger partial charge in [-0.2, -0.15) is 14.0 Å². The van der Waals surface area contributed by atoms with Gasteiger partial charge in [-0.1, -0.05) is 18.2 Å². The highest BCUT2D eigenvalue weighted by Crippen LogP contribution is 2.26. The number of nitrogens with two attached hydrogens (primary N) is 1. The summed E-state index contributed by atoms with van der Waals surface area (Å²) in [6, 6.07) is 8.88. The summed E-state index contributed by atoms with van der Waals surface area (Å²) in [5.74, 6) is -5.66. The molecule has 0 aliphatic rings. The largest absolute Gasteiger partial charge is 0.435 e. The molecule has 0 unspecified atom stereocenters. The summed E-state index contributed by atoms with van der Waals surface area (Å²) in [6.07, 6.45) is 0. The van der Waals surface area contributed by atoms with E-state index in [2.05, 4.69) is 15.0 Å². The highest BCUT2D eigenvalue weighted by atomic mass is 32.2. The Hall–Kier alpha value is -3.79. The molecule has 4 N–H and O–H groups in total. The number of benzene rings is 1. The number of nitrogens with one attached hydrogen (secondary N) is 2. The van der Waals surface area contributed by atoms with Crippen molar-refractivity contribution in [3.8, 4) is 11.8 Å². The maximum absolute atomic E-state index is 12.9. The van der Waals surface area contributed by atoms with Crippen molar-refractivity contribution in [1.82, 2.24) is 10.3 Å². The highest BCUT2D eigenvalue weighted by Gasteiger charge is 2.31. The number of nitriles is 1. The maximum atomic E-state index is 12.9. The molecule has 2 rings (SSSR count). The van der Waals surface area contributed by atoms with Gasteiger partial charge in [0.05, 0.1) is 29.1 Å². The number of alkyl halides is 2. The summed E-state index contributed by atoms with van der Waals surface area (Å²) in [4.78, 5) is 38.4. The van der Waals surface area contributed by atoms with E-state index in [1.165, 1.54) is 18.2 Å². The fourth-order valence-electron chi connectivity index (χ4n) is 2.90. The Morgan fingerprint density at radius 3 is 2.53 bits per heavy atom. The number of hydrogen-bond donors (Lipinski definition) is 3. The van der Waals surface area contributed by atoms with E-state index in [0.29, 0.717) is 0 Å². The zero-order valence-electron chi connectivity index (χ0n) is 16.4. The molecule has 0 bridgehead atoms. The Balaban J connectivity index is 2.46. The molecule has 0 spiro atoms. The van der Waals surface area contributed by atoms with Gasteiger partial charge in [0.25, 0.3) is 0 Å². The third kappa shape index (κ3) is 6.61. The summed E-state index contributed by atoms with van der Waals surface area (Å²) in [6.45, 7) is -3.65. The topological polar surface area (TPSA) is 172 Å². The van der Waals surface area contributed by atoms with Gasteiger partial charge in [-0.15, -0.1) is 0 Å². The first-order valence-corrected chi connectivity index (χ1v) is 10.8. The predicted octanol–water partition coefficient (Wildman–Crippen LogP) is 0.414. The highest BCUT2D eigenvalue weighted by molar-refractivity contribution is 7.90. The summed E-state index contributed by atoms with van der Waals surface area (Å²) in [5, 5.41) is 10.9. The molecular weight excluding hydrogens is 450 g/mol. The Morgan fingerprint density at radius 2 is 1.91 bits per heavy atom. The summed E-state index contributed by atoms with van der Waals surface area (Å²) in [5.41, 5.74) is 3.83. The van der Waals surface area contributed by atoms with Crippen LogP contribution >= 0.6 is 0 Å². The van der Waals surface area contributed by atoms with Crippen LogP contribution in [0.3, 0.4) is 0 Å². The molecule has 1 aromatic heterocycles. The van der Waals surface area contributed by atoms with Crippen molar-refractivity contribution >= 4 is 21.7 Å². The summed E-state index contributed by atoms with van der Waals surface area (Å²) >= 11 is 0. The van der Waals surface area contributed by atoms with Gasteiger partial charge in [-0.3, -0.25) is 14.4 Å². The zero-order chi connectivity index (χ0) is 23.9. The zero-order valence-corrected chi connectivity index (χ0v) is 17.2. The lowest BCUT2D eigenvalue weighted by Gasteiger charge is -2.19. The van der Waals surface area contributed by atoms with Crippen LogP contribution in [-0.4, -0.2) is 44.1 Å². The van der Waals surface area contributed by atoms with Crippen molar-refractivity contribution in [2.24, 2.45) is 5.73 Å². The van der Waals surface area contributed by atoms with Crippen LogP contribution in [-0.2, 0) is 20.4 Å². The van der Waals surface area contributed by atoms with Crippen LogP contribution in [0, 0.1) is 11.3 Å².